The van der Waals surface area contributed by atoms with Crippen molar-refractivity contribution < 1.29 is 24.2 Å². The molecule has 0 aliphatic carbocycles. The maximum atomic E-state index is 12.9. The molecule has 0 spiro atoms. The summed E-state index contributed by atoms with van der Waals surface area (Å²) < 4.78 is 15.9. The van der Waals surface area contributed by atoms with Crippen molar-refractivity contribution in [2.45, 2.75) is 50.9 Å². The third kappa shape index (κ3) is 7.22. The van der Waals surface area contributed by atoms with Crippen molar-refractivity contribution in [2.24, 2.45) is 0 Å². The van der Waals surface area contributed by atoms with E-state index in [1.807, 2.05) is 91.3 Å². The van der Waals surface area contributed by atoms with E-state index >= 15 is 0 Å². The number of imidazole rings is 1. The molecule has 1 aliphatic heterocycles. The number of carbonyl (C=O) groups excluding carboxylic acids is 2. The normalized spacial score (nSPS) is 19.1. The maximum Gasteiger partial charge on any atom is 0.228 e. The van der Waals surface area contributed by atoms with Crippen molar-refractivity contribution in [3.63, 3.8) is 0 Å². The zero-order chi connectivity index (χ0) is 33.7. The summed E-state index contributed by atoms with van der Waals surface area (Å²) in [5, 5.41) is 12.6. The number of aliphatic hydroxyl groups excluding tert-OH is 1. The van der Waals surface area contributed by atoms with Crippen LogP contribution in [-0.2, 0) is 33.8 Å². The maximum absolute atomic E-state index is 12.9. The van der Waals surface area contributed by atoms with Crippen LogP contribution in [-0.4, -0.2) is 32.5 Å². The number of anilines is 1. The van der Waals surface area contributed by atoms with Gasteiger partial charge in [0.15, 0.2) is 12.1 Å². The Bertz CT molecular complexity index is 2060. The van der Waals surface area contributed by atoms with Gasteiger partial charge >= 0.3 is 0 Å². The van der Waals surface area contributed by atoms with Gasteiger partial charge in [-0.05, 0) is 53.4 Å². The predicted molar refractivity (Wildman–Crippen MR) is 188 cm³/mol. The van der Waals surface area contributed by atoms with Crippen LogP contribution >= 0.6 is 0 Å². The number of aliphatic hydroxyl groups is 1. The number of para-hydroxylation sites is 2. The van der Waals surface area contributed by atoms with Crippen molar-refractivity contribution in [1.82, 2.24) is 9.55 Å². The number of ketones is 1. The number of benzene rings is 5. The van der Waals surface area contributed by atoms with Crippen LogP contribution in [0.15, 0.2) is 134 Å². The highest BCUT2D eigenvalue weighted by atomic mass is 16.7. The summed E-state index contributed by atoms with van der Waals surface area (Å²) in [7, 11) is 0. The zero-order valence-electron chi connectivity index (χ0n) is 27.1. The summed E-state index contributed by atoms with van der Waals surface area (Å²) in [5.41, 5.74) is 7.67. The van der Waals surface area contributed by atoms with E-state index in [1.165, 1.54) is 6.92 Å². The smallest absolute Gasteiger partial charge is 0.228 e. The van der Waals surface area contributed by atoms with Gasteiger partial charge in [0.1, 0.15) is 0 Å². The first-order valence-corrected chi connectivity index (χ1v) is 16.4. The van der Waals surface area contributed by atoms with Crippen molar-refractivity contribution in [1.29, 1.82) is 0 Å². The SMILES string of the molecule is CC(=O)c1cccc(NC(=O)Cc2ccc(C3O[C@H](Cn4cnc5ccccc54)[C@@H](c4ccccc4)[C@H](c4ccc(CO)cc4)O3)cc2)c1. The molecule has 0 saturated carbocycles. The Morgan fingerprint density at radius 2 is 1.49 bits per heavy atom. The molecule has 5 aromatic carbocycles. The van der Waals surface area contributed by atoms with E-state index in [0.717, 1.165) is 38.9 Å². The van der Waals surface area contributed by atoms with E-state index < -0.39 is 6.29 Å². The molecule has 7 rings (SSSR count). The molecule has 8 nitrogen and oxygen atoms in total. The van der Waals surface area contributed by atoms with Gasteiger partial charge in [0.2, 0.25) is 5.91 Å². The Labute approximate surface area is 285 Å². The van der Waals surface area contributed by atoms with Crippen LogP contribution in [0.1, 0.15) is 63.4 Å². The summed E-state index contributed by atoms with van der Waals surface area (Å²) in [5.74, 6) is -0.384. The minimum atomic E-state index is -0.681. The molecule has 1 aliphatic rings. The van der Waals surface area contributed by atoms with Crippen LogP contribution in [0, 0.1) is 0 Å². The Hall–Kier alpha value is -5.41. The van der Waals surface area contributed by atoms with Crippen LogP contribution in [0.5, 0.6) is 0 Å². The number of nitrogens with one attached hydrogen (secondary N) is 1. The highest BCUT2D eigenvalue weighted by Crippen LogP contribution is 2.47. The number of aromatic nitrogens is 2. The standard InChI is InChI=1S/C41H37N3O5/c1-27(46)33-10-7-11-34(23-33)43-38(47)22-28-14-20-32(21-15-28)41-48-37(24-44-26-42-35-12-5-6-13-36(35)44)39(30-8-3-2-4-9-30)40(49-41)31-18-16-29(25-45)17-19-31/h2-21,23,26,37,39-41,45H,22,24-25H2,1H3,(H,43,47)/t37-,39-,40+,41?/m1/s1. The second-order valence-corrected chi connectivity index (χ2v) is 12.4. The molecule has 1 saturated heterocycles. The molecule has 49 heavy (non-hydrogen) atoms. The molecular weight excluding hydrogens is 614 g/mol. The summed E-state index contributed by atoms with van der Waals surface area (Å²) in [4.78, 5) is 29.3. The van der Waals surface area contributed by atoms with Crippen molar-refractivity contribution in [3.05, 3.63) is 167 Å². The van der Waals surface area contributed by atoms with Crippen LogP contribution in [0.3, 0.4) is 0 Å². The molecular formula is C41H37N3O5. The molecule has 0 bridgehead atoms. The zero-order valence-corrected chi connectivity index (χ0v) is 27.1. The van der Waals surface area contributed by atoms with Gasteiger partial charge in [-0.1, -0.05) is 103 Å². The average Bonchev–Trinajstić information content (AvgIpc) is 3.54. The fraction of sp³-hybridized carbons (Fsp3) is 0.195. The Balaban J connectivity index is 1.18. The third-order valence-corrected chi connectivity index (χ3v) is 9.04. The Morgan fingerprint density at radius 3 is 2.24 bits per heavy atom. The van der Waals surface area contributed by atoms with Gasteiger partial charge in [0, 0.05) is 22.7 Å². The van der Waals surface area contributed by atoms with E-state index in [1.54, 1.807) is 24.3 Å². The molecule has 2 N–H and O–H groups in total. The van der Waals surface area contributed by atoms with E-state index in [-0.39, 0.29) is 42.8 Å². The van der Waals surface area contributed by atoms with Gasteiger partial charge in [-0.2, -0.15) is 0 Å². The average molecular weight is 652 g/mol. The van der Waals surface area contributed by atoms with Gasteiger partial charge in [-0.3, -0.25) is 9.59 Å². The van der Waals surface area contributed by atoms with Gasteiger partial charge < -0.3 is 24.5 Å². The van der Waals surface area contributed by atoms with Crippen molar-refractivity contribution in [2.75, 3.05) is 5.32 Å². The molecule has 1 fully saturated rings. The minimum absolute atomic E-state index is 0.0366. The number of nitrogens with zero attached hydrogens (tertiary/aromatic N) is 2. The number of rotatable bonds is 10. The first-order valence-electron chi connectivity index (χ1n) is 16.4. The van der Waals surface area contributed by atoms with E-state index in [0.29, 0.717) is 17.8 Å². The van der Waals surface area contributed by atoms with Crippen LogP contribution < -0.4 is 5.32 Å². The monoisotopic (exact) mass is 651 g/mol. The second-order valence-electron chi connectivity index (χ2n) is 12.4. The minimum Gasteiger partial charge on any atom is -0.392 e. The highest BCUT2D eigenvalue weighted by molar-refractivity contribution is 5.97. The summed E-state index contributed by atoms with van der Waals surface area (Å²) >= 11 is 0. The second kappa shape index (κ2) is 14.4. The lowest BCUT2D eigenvalue weighted by molar-refractivity contribution is -0.263. The largest absolute Gasteiger partial charge is 0.392 e. The molecule has 8 heteroatoms. The predicted octanol–water partition coefficient (Wildman–Crippen LogP) is 7.55. The number of hydrogen-bond donors (Lipinski definition) is 2. The lowest BCUT2D eigenvalue weighted by Crippen LogP contribution is -2.39. The van der Waals surface area contributed by atoms with E-state index in [4.69, 9.17) is 9.47 Å². The number of hydrogen-bond acceptors (Lipinski definition) is 6. The third-order valence-electron chi connectivity index (χ3n) is 9.04. The molecule has 2 heterocycles. The van der Waals surface area contributed by atoms with Gasteiger partial charge in [-0.25, -0.2) is 4.98 Å². The first-order chi connectivity index (χ1) is 23.9. The molecule has 1 aromatic heterocycles. The van der Waals surface area contributed by atoms with E-state index in [2.05, 4.69) is 33.1 Å². The van der Waals surface area contributed by atoms with Gasteiger partial charge in [0.25, 0.3) is 0 Å². The number of ether oxygens (including phenoxy) is 2. The fourth-order valence-electron chi connectivity index (χ4n) is 6.51. The molecule has 0 radical (unpaired) electrons. The molecule has 6 aromatic rings. The Morgan fingerprint density at radius 1 is 0.776 bits per heavy atom. The number of amides is 1. The number of Topliss-reactive ketones (excluding diaryl/α,β-unsaturated/α-hetero) is 1. The molecule has 1 amide bonds. The number of carbonyl (C=O) groups is 2. The van der Waals surface area contributed by atoms with Crippen molar-refractivity contribution >= 4 is 28.4 Å². The summed E-state index contributed by atoms with van der Waals surface area (Å²) in [6.45, 7) is 2.01. The lowest BCUT2D eigenvalue weighted by Gasteiger charge is -2.43. The molecule has 1 unspecified atom stereocenters. The van der Waals surface area contributed by atoms with Crippen LogP contribution in [0.4, 0.5) is 5.69 Å². The van der Waals surface area contributed by atoms with Gasteiger partial charge in [-0.15, -0.1) is 0 Å². The highest BCUT2D eigenvalue weighted by Gasteiger charge is 2.42. The number of fused-ring (bicyclic) bond motifs is 1. The van der Waals surface area contributed by atoms with Gasteiger partial charge in [0.05, 0.1) is 49.1 Å². The van der Waals surface area contributed by atoms with Crippen molar-refractivity contribution in [3.8, 4) is 0 Å². The van der Waals surface area contributed by atoms with Crippen LogP contribution in [0.2, 0.25) is 0 Å². The summed E-state index contributed by atoms with van der Waals surface area (Å²) in [6.07, 6.45) is 0.701. The topological polar surface area (TPSA) is 103 Å². The lowest BCUT2D eigenvalue weighted by atomic mass is 9.83. The summed E-state index contributed by atoms with van der Waals surface area (Å²) in [6, 6.07) is 40.9. The Kier molecular flexibility index (Phi) is 9.43. The van der Waals surface area contributed by atoms with Crippen LogP contribution in [0.25, 0.3) is 11.0 Å². The quantitative estimate of drug-likeness (QED) is 0.148. The molecule has 4 atom stereocenters. The van der Waals surface area contributed by atoms with E-state index in [9.17, 15) is 14.7 Å². The molecule has 246 valence electrons. The fourth-order valence-corrected chi connectivity index (χ4v) is 6.51. The first kappa shape index (κ1) is 32.2.